The highest BCUT2D eigenvalue weighted by atomic mass is 16.6. The Morgan fingerprint density at radius 3 is 2.05 bits per heavy atom. The Morgan fingerprint density at radius 2 is 1.59 bits per heavy atom. The van der Waals surface area contributed by atoms with E-state index in [1.165, 1.54) is 32.0 Å². The lowest BCUT2D eigenvalue weighted by Gasteiger charge is -2.13. The van der Waals surface area contributed by atoms with Gasteiger partial charge in [-0.25, -0.2) is 0 Å². The van der Waals surface area contributed by atoms with Crippen molar-refractivity contribution in [2.24, 2.45) is 5.92 Å². The van der Waals surface area contributed by atoms with Crippen molar-refractivity contribution < 1.29 is 28.8 Å². The molecule has 0 amide bonds. The second kappa shape index (κ2) is 7.87. The lowest BCUT2D eigenvalue weighted by Crippen LogP contribution is -2.35. The number of nitrogens with zero attached hydrogens (tertiary/aromatic N) is 1. The van der Waals surface area contributed by atoms with Crippen LogP contribution in [-0.4, -0.2) is 35.9 Å². The molecule has 0 bridgehead atoms. The fourth-order valence-electron chi connectivity index (χ4n) is 1.76. The number of nitro groups is 1. The molecule has 0 heterocycles. The van der Waals surface area contributed by atoms with Gasteiger partial charge in [0.25, 0.3) is 5.69 Å². The Labute approximate surface area is 126 Å². The van der Waals surface area contributed by atoms with Crippen LogP contribution in [0.2, 0.25) is 0 Å². The smallest absolute Gasteiger partial charge is 0.328 e. The highest BCUT2D eigenvalue weighted by Gasteiger charge is 2.39. The first-order valence-corrected chi connectivity index (χ1v) is 6.54. The van der Waals surface area contributed by atoms with Gasteiger partial charge in [0, 0.05) is 6.07 Å². The normalized spacial score (nSPS) is 10.1. The summed E-state index contributed by atoms with van der Waals surface area (Å²) in [6.07, 6.45) is 0. The third kappa shape index (κ3) is 3.87. The van der Waals surface area contributed by atoms with Crippen molar-refractivity contribution in [3.05, 3.63) is 39.9 Å². The van der Waals surface area contributed by atoms with E-state index in [-0.39, 0.29) is 18.8 Å². The van der Waals surface area contributed by atoms with Gasteiger partial charge < -0.3 is 9.47 Å². The summed E-state index contributed by atoms with van der Waals surface area (Å²) in [5.41, 5.74) is -0.843. The highest BCUT2D eigenvalue weighted by molar-refractivity contribution is 6.21. The molecule has 0 fully saturated rings. The molecule has 1 aromatic rings. The van der Waals surface area contributed by atoms with Gasteiger partial charge in [0.05, 0.1) is 23.7 Å². The van der Waals surface area contributed by atoms with Crippen molar-refractivity contribution in [3.63, 3.8) is 0 Å². The van der Waals surface area contributed by atoms with Crippen molar-refractivity contribution in [2.45, 2.75) is 13.8 Å². The average Bonchev–Trinajstić information content (AvgIpc) is 2.47. The Morgan fingerprint density at radius 1 is 1.09 bits per heavy atom. The molecule has 0 aliphatic heterocycles. The summed E-state index contributed by atoms with van der Waals surface area (Å²) in [4.78, 5) is 46.3. The van der Waals surface area contributed by atoms with Crippen LogP contribution in [-0.2, 0) is 19.1 Å². The number of para-hydroxylation sites is 1. The van der Waals surface area contributed by atoms with Gasteiger partial charge in [-0.3, -0.25) is 24.5 Å². The Bertz CT molecular complexity index is 579. The van der Waals surface area contributed by atoms with E-state index >= 15 is 0 Å². The van der Waals surface area contributed by atoms with Crippen molar-refractivity contribution >= 4 is 23.4 Å². The minimum atomic E-state index is -1.87. The molecule has 0 unspecified atom stereocenters. The summed E-state index contributed by atoms with van der Waals surface area (Å²) in [7, 11) is 0. The zero-order valence-electron chi connectivity index (χ0n) is 12.1. The molecule has 0 atom stereocenters. The SMILES string of the molecule is CCOC(=O)C(C(=O)OCC)C(=O)c1ccccc1[N+](=O)[O-]. The largest absolute Gasteiger partial charge is 0.465 e. The van der Waals surface area contributed by atoms with Crippen LogP contribution in [0.15, 0.2) is 24.3 Å². The number of rotatable bonds is 7. The number of ether oxygens (including phenoxy) is 2. The molecule has 8 heteroatoms. The molecule has 22 heavy (non-hydrogen) atoms. The standard InChI is InChI=1S/C14H15NO7/c1-3-21-13(17)11(14(18)22-4-2)12(16)9-7-5-6-8-10(9)15(19)20/h5-8,11H,3-4H2,1-2H3. The van der Waals surface area contributed by atoms with Crippen LogP contribution >= 0.6 is 0 Å². The van der Waals surface area contributed by atoms with Crippen molar-refractivity contribution in [1.82, 2.24) is 0 Å². The van der Waals surface area contributed by atoms with Crippen LogP contribution in [0.1, 0.15) is 24.2 Å². The van der Waals surface area contributed by atoms with Gasteiger partial charge in [-0.2, -0.15) is 0 Å². The maximum atomic E-state index is 12.4. The molecule has 0 aliphatic carbocycles. The number of esters is 2. The van der Waals surface area contributed by atoms with Gasteiger partial charge >= 0.3 is 11.9 Å². The molecule has 1 rings (SSSR count). The molecule has 0 N–H and O–H groups in total. The molecule has 118 valence electrons. The summed E-state index contributed by atoms with van der Waals surface area (Å²) in [6, 6.07) is 5.05. The molecular weight excluding hydrogens is 294 g/mol. The molecule has 0 saturated heterocycles. The monoisotopic (exact) mass is 309 g/mol. The zero-order chi connectivity index (χ0) is 16.7. The zero-order valence-corrected chi connectivity index (χ0v) is 12.1. The molecule has 8 nitrogen and oxygen atoms in total. The molecule has 0 saturated carbocycles. The number of carbonyl (C=O) groups excluding carboxylic acids is 3. The topological polar surface area (TPSA) is 113 Å². The fraction of sp³-hybridized carbons (Fsp3) is 0.357. The third-order valence-electron chi connectivity index (χ3n) is 2.67. The molecule has 1 aromatic carbocycles. The molecule has 0 aromatic heterocycles. The number of Topliss-reactive ketones (excluding diaryl/α,β-unsaturated/α-hetero) is 1. The number of carbonyl (C=O) groups is 3. The predicted octanol–water partition coefficient (Wildman–Crippen LogP) is 1.52. The number of ketones is 1. The van der Waals surface area contributed by atoms with Crippen LogP contribution in [0.4, 0.5) is 5.69 Å². The Balaban J connectivity index is 3.25. The van der Waals surface area contributed by atoms with Gasteiger partial charge in [-0.05, 0) is 19.9 Å². The van der Waals surface area contributed by atoms with E-state index in [2.05, 4.69) is 9.47 Å². The van der Waals surface area contributed by atoms with Gasteiger partial charge in [-0.15, -0.1) is 0 Å². The first kappa shape index (κ1) is 17.3. The van der Waals surface area contributed by atoms with E-state index < -0.39 is 34.3 Å². The van der Waals surface area contributed by atoms with Gasteiger partial charge in [0.1, 0.15) is 0 Å². The summed E-state index contributed by atoms with van der Waals surface area (Å²) < 4.78 is 9.37. The van der Waals surface area contributed by atoms with Crippen LogP contribution < -0.4 is 0 Å². The number of hydrogen-bond donors (Lipinski definition) is 0. The molecule has 0 spiro atoms. The van der Waals surface area contributed by atoms with E-state index in [9.17, 15) is 24.5 Å². The molecule has 0 aliphatic rings. The van der Waals surface area contributed by atoms with E-state index in [1.54, 1.807) is 0 Å². The Kier molecular flexibility index (Phi) is 6.18. The molecule has 0 radical (unpaired) electrons. The first-order valence-electron chi connectivity index (χ1n) is 6.54. The number of nitro benzene ring substituents is 1. The molecular formula is C14H15NO7. The highest BCUT2D eigenvalue weighted by Crippen LogP contribution is 2.22. The number of hydrogen-bond acceptors (Lipinski definition) is 7. The first-order chi connectivity index (χ1) is 10.4. The Hall–Kier alpha value is -2.77. The van der Waals surface area contributed by atoms with Crippen molar-refractivity contribution in [1.29, 1.82) is 0 Å². The summed E-state index contributed by atoms with van der Waals surface area (Å²) in [6.45, 7) is 2.93. The van der Waals surface area contributed by atoms with Crippen LogP contribution in [0, 0.1) is 16.0 Å². The predicted molar refractivity (Wildman–Crippen MR) is 74.2 cm³/mol. The van der Waals surface area contributed by atoms with E-state index in [0.717, 1.165) is 6.07 Å². The second-order valence-corrected chi connectivity index (χ2v) is 4.08. The van der Waals surface area contributed by atoms with Crippen LogP contribution in [0.3, 0.4) is 0 Å². The lowest BCUT2D eigenvalue weighted by molar-refractivity contribution is -0.385. The maximum absolute atomic E-state index is 12.4. The van der Waals surface area contributed by atoms with E-state index in [0.29, 0.717) is 0 Å². The van der Waals surface area contributed by atoms with E-state index in [4.69, 9.17) is 0 Å². The summed E-state index contributed by atoms with van der Waals surface area (Å²) in [5.74, 6) is -5.08. The third-order valence-corrected chi connectivity index (χ3v) is 2.67. The van der Waals surface area contributed by atoms with E-state index in [1.807, 2.05) is 0 Å². The second-order valence-electron chi connectivity index (χ2n) is 4.08. The summed E-state index contributed by atoms with van der Waals surface area (Å²) in [5, 5.41) is 11.0. The minimum absolute atomic E-state index is 0.0428. The van der Waals surface area contributed by atoms with Crippen molar-refractivity contribution in [3.8, 4) is 0 Å². The number of benzene rings is 1. The lowest BCUT2D eigenvalue weighted by atomic mass is 9.96. The fourth-order valence-corrected chi connectivity index (χ4v) is 1.76. The van der Waals surface area contributed by atoms with Crippen LogP contribution in [0.5, 0.6) is 0 Å². The van der Waals surface area contributed by atoms with Gasteiger partial charge in [0.15, 0.2) is 5.78 Å². The van der Waals surface area contributed by atoms with Gasteiger partial charge in [-0.1, -0.05) is 12.1 Å². The maximum Gasteiger partial charge on any atom is 0.328 e. The minimum Gasteiger partial charge on any atom is -0.465 e. The summed E-state index contributed by atoms with van der Waals surface area (Å²) >= 11 is 0. The van der Waals surface area contributed by atoms with Gasteiger partial charge in [0.2, 0.25) is 5.92 Å². The van der Waals surface area contributed by atoms with Crippen LogP contribution in [0.25, 0.3) is 0 Å². The quantitative estimate of drug-likeness (QED) is 0.247. The average molecular weight is 309 g/mol. The van der Waals surface area contributed by atoms with Crippen molar-refractivity contribution in [2.75, 3.05) is 13.2 Å².